The van der Waals surface area contributed by atoms with E-state index in [0.29, 0.717) is 33.9 Å². The lowest BCUT2D eigenvalue weighted by Crippen LogP contribution is -2.11. The summed E-state index contributed by atoms with van der Waals surface area (Å²) >= 11 is 11.8. The van der Waals surface area contributed by atoms with Crippen molar-refractivity contribution in [2.75, 3.05) is 0 Å². The first kappa shape index (κ1) is 28.9. The molecule has 2 heterocycles. The van der Waals surface area contributed by atoms with Gasteiger partial charge in [0.25, 0.3) is 0 Å². The molecule has 3 aromatic carbocycles. The number of nitrogens with zero attached hydrogens (tertiary/aromatic N) is 1. The zero-order valence-corrected chi connectivity index (χ0v) is 23.3. The van der Waals surface area contributed by atoms with E-state index in [1.807, 2.05) is 6.92 Å². The molecule has 0 radical (unpaired) electrons. The number of halogens is 2. The van der Waals surface area contributed by atoms with Crippen LogP contribution in [0.4, 0.5) is 0 Å². The van der Waals surface area contributed by atoms with Crippen LogP contribution >= 0.6 is 23.2 Å². The van der Waals surface area contributed by atoms with Gasteiger partial charge in [-0.3, -0.25) is 0 Å². The molecule has 5 rings (SSSR count). The van der Waals surface area contributed by atoms with Crippen molar-refractivity contribution in [2.45, 2.75) is 31.1 Å². The van der Waals surface area contributed by atoms with Crippen LogP contribution in [0.5, 0.6) is 5.75 Å². The topological polar surface area (TPSA) is 128 Å². The van der Waals surface area contributed by atoms with Crippen LogP contribution in [-0.4, -0.2) is 8.42 Å². The first-order valence-electron chi connectivity index (χ1n) is 11.9. The second kappa shape index (κ2) is 12.4. The predicted octanol–water partition coefficient (Wildman–Crippen LogP) is 6.82. The third kappa shape index (κ3) is 7.10. The van der Waals surface area contributed by atoms with Crippen LogP contribution in [0.25, 0.3) is 21.9 Å². The van der Waals surface area contributed by atoms with Gasteiger partial charge in [0.05, 0.1) is 17.5 Å². The van der Waals surface area contributed by atoms with Crippen molar-refractivity contribution in [3.8, 4) is 11.8 Å². The molecule has 0 spiro atoms. The summed E-state index contributed by atoms with van der Waals surface area (Å²) in [5.41, 5.74) is 1.45. The van der Waals surface area contributed by atoms with Crippen LogP contribution < -0.4 is 15.4 Å². The van der Waals surface area contributed by atoms with Crippen molar-refractivity contribution in [1.29, 1.82) is 5.26 Å². The Labute approximate surface area is 239 Å². The SMILES string of the molecule is Cc1ccc(S(=O)(=O)Oc2cc(=O)oc3ccc(Cl)cc23)cc1.N#CCCCc1cc(=O)oc2ccc(Cl)cc12. The first-order chi connectivity index (χ1) is 19.1. The predicted molar refractivity (Wildman–Crippen MR) is 153 cm³/mol. The lowest BCUT2D eigenvalue weighted by atomic mass is 10.0. The van der Waals surface area contributed by atoms with Crippen LogP contribution in [0.2, 0.25) is 10.0 Å². The number of aryl methyl sites for hydroxylation is 2. The quantitative estimate of drug-likeness (QED) is 0.118. The summed E-state index contributed by atoms with van der Waals surface area (Å²) in [5.74, 6) is -0.126. The molecule has 0 amide bonds. The number of fused-ring (bicyclic) bond motifs is 2. The zero-order valence-electron chi connectivity index (χ0n) is 21.0. The molecule has 40 heavy (non-hydrogen) atoms. The maximum atomic E-state index is 12.4. The molecule has 0 fully saturated rings. The highest BCUT2D eigenvalue weighted by molar-refractivity contribution is 7.87. The summed E-state index contributed by atoms with van der Waals surface area (Å²) in [6.07, 6.45) is 1.87. The van der Waals surface area contributed by atoms with Crippen molar-refractivity contribution < 1.29 is 21.4 Å². The Bertz CT molecular complexity index is 1960. The van der Waals surface area contributed by atoms with Gasteiger partial charge in [0.15, 0.2) is 5.75 Å². The maximum Gasteiger partial charge on any atom is 0.340 e. The summed E-state index contributed by atoms with van der Waals surface area (Å²) in [6, 6.07) is 20.3. The molecule has 0 aliphatic rings. The minimum absolute atomic E-state index is 0.00785. The third-order valence-corrected chi connectivity index (χ3v) is 7.42. The molecule has 0 unspecified atom stereocenters. The van der Waals surface area contributed by atoms with Crippen LogP contribution in [0, 0.1) is 18.3 Å². The van der Waals surface area contributed by atoms with Gasteiger partial charge in [0.2, 0.25) is 0 Å². The Kier molecular flexibility index (Phi) is 8.95. The number of benzene rings is 3. The van der Waals surface area contributed by atoms with Gasteiger partial charge in [-0.1, -0.05) is 40.9 Å². The Morgan fingerprint density at radius 1 is 0.825 bits per heavy atom. The van der Waals surface area contributed by atoms with Crippen molar-refractivity contribution in [3.05, 3.63) is 115 Å². The van der Waals surface area contributed by atoms with E-state index in [2.05, 4.69) is 6.07 Å². The number of unbranched alkanes of at least 4 members (excludes halogenated alkanes) is 1. The average molecular weight is 598 g/mol. The summed E-state index contributed by atoms with van der Waals surface area (Å²) in [6.45, 7) is 1.84. The Morgan fingerprint density at radius 2 is 1.40 bits per heavy atom. The number of hydrogen-bond donors (Lipinski definition) is 0. The van der Waals surface area contributed by atoms with Gasteiger partial charge in [-0.15, -0.1) is 0 Å². The molecule has 0 saturated heterocycles. The van der Waals surface area contributed by atoms with Gasteiger partial charge in [0.1, 0.15) is 16.1 Å². The lowest BCUT2D eigenvalue weighted by molar-refractivity contribution is 0.482. The summed E-state index contributed by atoms with van der Waals surface area (Å²) in [5, 5.41) is 10.6. The molecule has 204 valence electrons. The molecular formula is C29H21Cl2NO7S. The molecule has 0 bridgehead atoms. The van der Waals surface area contributed by atoms with E-state index < -0.39 is 15.7 Å². The molecule has 5 aromatic rings. The van der Waals surface area contributed by atoms with Crippen LogP contribution in [0.1, 0.15) is 24.0 Å². The Morgan fingerprint density at radius 3 is 2.02 bits per heavy atom. The molecule has 0 aliphatic heterocycles. The van der Waals surface area contributed by atoms with E-state index in [-0.39, 0.29) is 21.9 Å². The van der Waals surface area contributed by atoms with Gasteiger partial charge in [-0.2, -0.15) is 13.7 Å². The van der Waals surface area contributed by atoms with Gasteiger partial charge in [-0.05, 0) is 73.9 Å². The minimum Gasteiger partial charge on any atom is -0.423 e. The molecule has 0 saturated carbocycles. The van der Waals surface area contributed by atoms with Crippen molar-refractivity contribution in [1.82, 2.24) is 0 Å². The second-order valence-electron chi connectivity index (χ2n) is 8.66. The molecule has 2 aromatic heterocycles. The number of rotatable bonds is 6. The average Bonchev–Trinajstić information content (AvgIpc) is 2.90. The van der Waals surface area contributed by atoms with Crippen molar-refractivity contribution >= 4 is 55.3 Å². The monoisotopic (exact) mass is 597 g/mol. The van der Waals surface area contributed by atoms with Gasteiger partial charge < -0.3 is 13.0 Å². The first-order valence-corrected chi connectivity index (χ1v) is 14.1. The summed E-state index contributed by atoms with van der Waals surface area (Å²) in [4.78, 5) is 22.9. The van der Waals surface area contributed by atoms with Crippen LogP contribution in [-0.2, 0) is 16.5 Å². The van der Waals surface area contributed by atoms with Crippen molar-refractivity contribution in [2.24, 2.45) is 0 Å². The van der Waals surface area contributed by atoms with Crippen LogP contribution in [0.15, 0.2) is 96.1 Å². The van der Waals surface area contributed by atoms with Gasteiger partial charge in [-0.25, -0.2) is 9.59 Å². The molecule has 11 heteroatoms. The molecule has 8 nitrogen and oxygen atoms in total. The van der Waals surface area contributed by atoms with E-state index in [9.17, 15) is 18.0 Å². The lowest BCUT2D eigenvalue weighted by Gasteiger charge is -2.09. The fourth-order valence-electron chi connectivity index (χ4n) is 3.81. The van der Waals surface area contributed by atoms with Gasteiger partial charge in [0, 0.05) is 27.9 Å². The van der Waals surface area contributed by atoms with Gasteiger partial charge >= 0.3 is 21.4 Å². The normalized spacial score (nSPS) is 11.1. The molecule has 0 atom stereocenters. The maximum absolute atomic E-state index is 12.4. The largest absolute Gasteiger partial charge is 0.423 e. The zero-order chi connectivity index (χ0) is 28.9. The van der Waals surface area contributed by atoms with Crippen molar-refractivity contribution in [3.63, 3.8) is 0 Å². The highest BCUT2D eigenvalue weighted by atomic mass is 35.5. The Balaban J connectivity index is 0.000000194. The highest BCUT2D eigenvalue weighted by Crippen LogP contribution is 2.29. The van der Waals surface area contributed by atoms with E-state index in [1.165, 1.54) is 36.4 Å². The second-order valence-corrected chi connectivity index (χ2v) is 11.1. The fraction of sp³-hybridized carbons (Fsp3) is 0.138. The summed E-state index contributed by atoms with van der Waals surface area (Å²) < 4.78 is 39.9. The molecular weight excluding hydrogens is 577 g/mol. The highest BCUT2D eigenvalue weighted by Gasteiger charge is 2.19. The number of nitriles is 1. The van der Waals surface area contributed by atoms with E-state index in [4.69, 9.17) is 41.5 Å². The third-order valence-electron chi connectivity index (χ3n) is 5.70. The van der Waals surface area contributed by atoms with E-state index >= 15 is 0 Å². The standard InChI is InChI=1S/C16H11ClO5S.C13H10ClNO2/c1-10-2-5-12(6-3-10)23(19,20)22-15-9-16(18)21-14-7-4-11(17)8-13(14)15;14-10-4-5-12-11(8-10)9(3-1-2-6-15)7-13(16)17-12/h2-9H,1H3;4-5,7-8H,1-3H2. The summed E-state index contributed by atoms with van der Waals surface area (Å²) in [7, 11) is -4.07. The molecule has 0 N–H and O–H groups in total. The Hall–Kier alpha value is -4.10. The smallest absolute Gasteiger partial charge is 0.340 e. The van der Waals surface area contributed by atoms with E-state index in [0.717, 1.165) is 29.0 Å². The fourth-order valence-corrected chi connectivity index (χ4v) is 5.10. The van der Waals surface area contributed by atoms with E-state index in [1.54, 1.807) is 30.3 Å². The number of hydrogen-bond acceptors (Lipinski definition) is 8. The van der Waals surface area contributed by atoms with Crippen LogP contribution in [0.3, 0.4) is 0 Å². The molecule has 0 aliphatic carbocycles. The minimum atomic E-state index is -4.07.